The zero-order valence-corrected chi connectivity index (χ0v) is 13.3. The van der Waals surface area contributed by atoms with Gasteiger partial charge in [0.25, 0.3) is 5.82 Å². The summed E-state index contributed by atoms with van der Waals surface area (Å²) in [5, 5.41) is 13.3. The normalized spacial score (nSPS) is 10.2. The molecule has 0 saturated carbocycles. The maximum absolute atomic E-state index is 11.9. The van der Waals surface area contributed by atoms with Gasteiger partial charge in [0.2, 0.25) is 5.91 Å². The molecule has 1 aromatic heterocycles. The summed E-state index contributed by atoms with van der Waals surface area (Å²) in [6.07, 6.45) is 0. The highest BCUT2D eigenvalue weighted by Gasteiger charge is 2.18. The third-order valence-corrected chi connectivity index (χ3v) is 3.06. The minimum Gasteiger partial charge on any atom is -0.460 e. The maximum atomic E-state index is 11.9. The summed E-state index contributed by atoms with van der Waals surface area (Å²) in [6, 6.07) is 7.34. The number of amides is 1. The molecule has 1 aromatic carbocycles. The van der Waals surface area contributed by atoms with Gasteiger partial charge in [-0.3, -0.25) is 4.79 Å². The van der Waals surface area contributed by atoms with Gasteiger partial charge in [-0.25, -0.2) is 9.48 Å². The van der Waals surface area contributed by atoms with Crippen LogP contribution in [0.25, 0.3) is 0 Å². The molecule has 1 N–H and O–H groups in total. The molecule has 0 unspecified atom stereocenters. The number of carbonyl (C=O) groups is 2. The van der Waals surface area contributed by atoms with Crippen molar-refractivity contribution in [3.05, 3.63) is 33.7 Å². The number of ether oxygens (including phenoxy) is 1. The number of rotatable bonds is 5. The number of hydrogen-bond donors (Lipinski definition) is 1. The number of benzene rings is 1. The van der Waals surface area contributed by atoms with Crippen LogP contribution in [0.2, 0.25) is 0 Å². The van der Waals surface area contributed by atoms with Crippen LogP contribution in [0.15, 0.2) is 24.3 Å². The molecule has 2 aromatic rings. The Morgan fingerprint density at radius 2 is 2.24 bits per heavy atom. The lowest BCUT2D eigenvalue weighted by molar-refractivity contribution is -0.116. The van der Waals surface area contributed by atoms with E-state index >= 15 is 0 Å². The van der Waals surface area contributed by atoms with Crippen molar-refractivity contribution in [2.45, 2.75) is 13.5 Å². The van der Waals surface area contributed by atoms with Gasteiger partial charge < -0.3 is 10.1 Å². The predicted molar refractivity (Wildman–Crippen MR) is 81.6 cm³/mol. The van der Waals surface area contributed by atoms with Gasteiger partial charge in [0.05, 0.1) is 6.61 Å². The van der Waals surface area contributed by atoms with Crippen molar-refractivity contribution >= 4 is 40.2 Å². The highest BCUT2D eigenvalue weighted by molar-refractivity contribution is 14.1. The van der Waals surface area contributed by atoms with Crippen molar-refractivity contribution in [1.29, 1.82) is 0 Å². The SMILES string of the molecule is CCOC(=O)c1nnnn1CC(=O)Nc1cccc(I)c1. The molecule has 0 aliphatic carbocycles. The van der Waals surface area contributed by atoms with Crippen LogP contribution < -0.4 is 5.32 Å². The lowest BCUT2D eigenvalue weighted by atomic mass is 10.3. The Kier molecular flexibility index (Phi) is 5.20. The lowest BCUT2D eigenvalue weighted by Crippen LogP contribution is -2.23. The Bertz CT molecular complexity index is 658. The first-order valence-corrected chi connectivity index (χ1v) is 7.16. The van der Waals surface area contributed by atoms with E-state index < -0.39 is 5.97 Å². The van der Waals surface area contributed by atoms with E-state index in [-0.39, 0.29) is 24.9 Å². The molecule has 21 heavy (non-hydrogen) atoms. The molecular weight excluding hydrogens is 389 g/mol. The van der Waals surface area contributed by atoms with Crippen LogP contribution in [0, 0.1) is 3.57 Å². The number of halogens is 1. The van der Waals surface area contributed by atoms with Crippen LogP contribution in [-0.4, -0.2) is 38.7 Å². The van der Waals surface area contributed by atoms with Gasteiger partial charge in [0, 0.05) is 9.26 Å². The minimum atomic E-state index is -0.662. The van der Waals surface area contributed by atoms with E-state index in [1.165, 1.54) is 0 Å². The predicted octanol–water partition coefficient (Wildman–Crippen LogP) is 1.09. The molecule has 0 saturated heterocycles. The molecule has 0 bridgehead atoms. The summed E-state index contributed by atoms with van der Waals surface area (Å²) in [5.74, 6) is -1.10. The largest absolute Gasteiger partial charge is 0.460 e. The third-order valence-electron chi connectivity index (χ3n) is 2.39. The summed E-state index contributed by atoms with van der Waals surface area (Å²) in [5.41, 5.74) is 0.664. The van der Waals surface area contributed by atoms with Crippen molar-refractivity contribution in [2.75, 3.05) is 11.9 Å². The average molecular weight is 401 g/mol. The topological polar surface area (TPSA) is 99.0 Å². The number of nitrogens with one attached hydrogen (secondary N) is 1. The van der Waals surface area contributed by atoms with Crippen molar-refractivity contribution in [2.24, 2.45) is 0 Å². The van der Waals surface area contributed by atoms with E-state index in [2.05, 4.69) is 43.4 Å². The van der Waals surface area contributed by atoms with Gasteiger partial charge in [-0.1, -0.05) is 6.07 Å². The molecule has 1 amide bonds. The molecule has 0 aliphatic heterocycles. The number of nitrogens with zero attached hydrogens (tertiary/aromatic N) is 4. The summed E-state index contributed by atoms with van der Waals surface area (Å²) in [4.78, 5) is 23.5. The third kappa shape index (κ3) is 4.21. The van der Waals surface area contributed by atoms with Gasteiger partial charge in [-0.2, -0.15) is 0 Å². The van der Waals surface area contributed by atoms with Gasteiger partial charge >= 0.3 is 5.97 Å². The van der Waals surface area contributed by atoms with Crippen LogP contribution in [0.1, 0.15) is 17.5 Å². The first-order chi connectivity index (χ1) is 10.1. The molecule has 0 spiro atoms. The summed E-state index contributed by atoms with van der Waals surface area (Å²) >= 11 is 2.15. The molecule has 8 nitrogen and oxygen atoms in total. The average Bonchev–Trinajstić information content (AvgIpc) is 2.87. The molecule has 9 heteroatoms. The maximum Gasteiger partial charge on any atom is 0.378 e. The molecule has 1 heterocycles. The highest BCUT2D eigenvalue weighted by Crippen LogP contribution is 2.12. The van der Waals surface area contributed by atoms with E-state index in [9.17, 15) is 9.59 Å². The number of esters is 1. The van der Waals surface area contributed by atoms with Gasteiger partial charge in [0.15, 0.2) is 0 Å². The van der Waals surface area contributed by atoms with E-state index in [4.69, 9.17) is 4.74 Å². The highest BCUT2D eigenvalue weighted by atomic mass is 127. The van der Waals surface area contributed by atoms with Crippen LogP contribution in [0.4, 0.5) is 5.69 Å². The number of tetrazole rings is 1. The first-order valence-electron chi connectivity index (χ1n) is 6.09. The van der Waals surface area contributed by atoms with Crippen LogP contribution >= 0.6 is 22.6 Å². The molecule has 0 radical (unpaired) electrons. The Balaban J connectivity index is 2.03. The zero-order chi connectivity index (χ0) is 15.2. The molecule has 0 atom stereocenters. The summed E-state index contributed by atoms with van der Waals surface area (Å²) in [6.45, 7) is 1.71. The monoisotopic (exact) mass is 401 g/mol. The lowest BCUT2D eigenvalue weighted by Gasteiger charge is -2.06. The second-order valence-electron chi connectivity index (χ2n) is 3.94. The standard InChI is InChI=1S/C12H12IN5O3/c1-2-21-12(20)11-15-16-17-18(11)7-10(19)14-9-5-3-4-8(13)6-9/h3-6H,2,7H2,1H3,(H,14,19). The number of hydrogen-bond acceptors (Lipinski definition) is 6. The van der Waals surface area contributed by atoms with Crippen molar-refractivity contribution in [3.8, 4) is 0 Å². The van der Waals surface area contributed by atoms with E-state index in [1.54, 1.807) is 13.0 Å². The van der Waals surface area contributed by atoms with E-state index in [1.807, 2.05) is 18.2 Å². The fourth-order valence-electron chi connectivity index (χ4n) is 1.56. The van der Waals surface area contributed by atoms with E-state index in [0.717, 1.165) is 8.25 Å². The number of anilines is 1. The Morgan fingerprint density at radius 1 is 1.43 bits per heavy atom. The smallest absolute Gasteiger partial charge is 0.378 e. The summed E-state index contributed by atoms with van der Waals surface area (Å²) in [7, 11) is 0. The van der Waals surface area contributed by atoms with Crippen LogP contribution in [-0.2, 0) is 16.1 Å². The zero-order valence-electron chi connectivity index (χ0n) is 11.1. The van der Waals surface area contributed by atoms with Crippen LogP contribution in [0.5, 0.6) is 0 Å². The molecule has 2 rings (SSSR count). The second kappa shape index (κ2) is 7.11. The van der Waals surface area contributed by atoms with Crippen molar-refractivity contribution in [3.63, 3.8) is 0 Å². The Morgan fingerprint density at radius 3 is 2.95 bits per heavy atom. The summed E-state index contributed by atoms with van der Waals surface area (Å²) < 4.78 is 6.91. The van der Waals surface area contributed by atoms with Gasteiger partial charge in [-0.05, 0) is 58.1 Å². The van der Waals surface area contributed by atoms with Crippen LogP contribution in [0.3, 0.4) is 0 Å². The minimum absolute atomic E-state index is 0.102. The molecule has 0 aliphatic rings. The van der Waals surface area contributed by atoms with Gasteiger partial charge in [-0.15, -0.1) is 5.10 Å². The second-order valence-corrected chi connectivity index (χ2v) is 5.18. The van der Waals surface area contributed by atoms with E-state index in [0.29, 0.717) is 5.69 Å². The van der Waals surface area contributed by atoms with Crippen molar-refractivity contribution in [1.82, 2.24) is 20.2 Å². The quantitative estimate of drug-likeness (QED) is 0.595. The number of carbonyl (C=O) groups excluding carboxylic acids is 2. The number of aromatic nitrogens is 4. The molecule has 0 fully saturated rings. The molecule has 110 valence electrons. The molecular formula is C12H12IN5O3. The Labute approximate surface area is 134 Å². The van der Waals surface area contributed by atoms with Crippen molar-refractivity contribution < 1.29 is 14.3 Å². The Hall–Kier alpha value is -2.04. The fraction of sp³-hybridized carbons (Fsp3) is 0.250. The fourth-order valence-corrected chi connectivity index (χ4v) is 2.10. The first kappa shape index (κ1) is 15.4. The van der Waals surface area contributed by atoms with Gasteiger partial charge in [0.1, 0.15) is 6.54 Å².